The molecule has 0 N–H and O–H groups in total. The lowest BCUT2D eigenvalue weighted by Crippen LogP contribution is -2.33. The van der Waals surface area contributed by atoms with Crippen LogP contribution in [0.5, 0.6) is 0 Å². The molecule has 0 amide bonds. The second kappa shape index (κ2) is 13.5. The molecule has 4 nitrogen and oxygen atoms in total. The van der Waals surface area contributed by atoms with Gasteiger partial charge in [-0.1, -0.05) is 131 Å². The van der Waals surface area contributed by atoms with Gasteiger partial charge in [0, 0.05) is 27.5 Å². The first-order valence-electron chi connectivity index (χ1n) is 20.7. The SMILES string of the molecule is CC1(C)CCC(C)(C)c2cc(-c3cccc(-c4cc(-c5nc(-c6ccc(F)cc6)nc(-c6cc7ccccc7c7ccccc67)n5)c5c(c4)oc4ccccc45)c3)ccc21. The molecule has 8 aromatic carbocycles. The van der Waals surface area contributed by atoms with Crippen LogP contribution in [0, 0.1) is 5.82 Å². The summed E-state index contributed by atoms with van der Waals surface area (Å²) in [6.45, 7) is 9.49. The molecule has 60 heavy (non-hydrogen) atoms. The monoisotopic (exact) mass is 779 g/mol. The van der Waals surface area contributed by atoms with Crippen molar-refractivity contribution in [3.8, 4) is 56.4 Å². The molecule has 2 heterocycles. The van der Waals surface area contributed by atoms with Crippen molar-refractivity contribution in [1.29, 1.82) is 0 Å². The number of halogens is 1. The Labute approximate surface area is 348 Å². The minimum atomic E-state index is -0.321. The normalized spacial score (nSPS) is 14.6. The molecular formula is C55H42FN3O. The van der Waals surface area contributed by atoms with Gasteiger partial charge in [-0.25, -0.2) is 19.3 Å². The summed E-state index contributed by atoms with van der Waals surface area (Å²) in [6.07, 6.45) is 2.34. The minimum absolute atomic E-state index is 0.106. The quantitative estimate of drug-likeness (QED) is 0.163. The largest absolute Gasteiger partial charge is 0.456 e. The second-order valence-electron chi connectivity index (χ2n) is 17.6. The summed E-state index contributed by atoms with van der Waals surface area (Å²) in [5.74, 6) is 1.18. The third-order valence-electron chi connectivity index (χ3n) is 12.8. The van der Waals surface area contributed by atoms with Gasteiger partial charge in [0.25, 0.3) is 0 Å². The topological polar surface area (TPSA) is 51.8 Å². The Hall–Kier alpha value is -6.98. The summed E-state index contributed by atoms with van der Waals surface area (Å²) in [5.41, 5.74) is 11.5. The third kappa shape index (κ3) is 5.99. The molecule has 0 unspecified atom stereocenters. The van der Waals surface area contributed by atoms with E-state index in [0.29, 0.717) is 23.0 Å². The van der Waals surface area contributed by atoms with Gasteiger partial charge in [0.2, 0.25) is 0 Å². The lowest BCUT2D eigenvalue weighted by molar-refractivity contribution is 0.332. The Balaban J connectivity index is 1.14. The van der Waals surface area contributed by atoms with Crippen molar-refractivity contribution >= 4 is 43.5 Å². The Morgan fingerprint density at radius 2 is 1.03 bits per heavy atom. The molecule has 10 aromatic rings. The Morgan fingerprint density at radius 1 is 0.433 bits per heavy atom. The first-order valence-corrected chi connectivity index (χ1v) is 20.7. The molecule has 0 spiro atoms. The van der Waals surface area contributed by atoms with Crippen LogP contribution in [0.1, 0.15) is 51.7 Å². The first-order chi connectivity index (χ1) is 29.1. The Kier molecular flexibility index (Phi) is 8.15. The van der Waals surface area contributed by atoms with E-state index < -0.39 is 0 Å². The van der Waals surface area contributed by atoms with E-state index in [-0.39, 0.29) is 16.6 Å². The number of furan rings is 1. The van der Waals surface area contributed by atoms with Gasteiger partial charge in [-0.2, -0.15) is 0 Å². The van der Waals surface area contributed by atoms with Gasteiger partial charge in [-0.3, -0.25) is 0 Å². The van der Waals surface area contributed by atoms with Gasteiger partial charge in [0.1, 0.15) is 17.0 Å². The lowest BCUT2D eigenvalue weighted by atomic mass is 9.63. The van der Waals surface area contributed by atoms with Crippen molar-refractivity contribution in [1.82, 2.24) is 15.0 Å². The zero-order valence-corrected chi connectivity index (χ0v) is 34.1. The number of rotatable bonds is 5. The fourth-order valence-electron chi connectivity index (χ4n) is 9.43. The van der Waals surface area contributed by atoms with Crippen molar-refractivity contribution in [2.45, 2.75) is 51.4 Å². The number of benzene rings is 8. The van der Waals surface area contributed by atoms with E-state index in [4.69, 9.17) is 19.4 Å². The molecule has 1 aliphatic rings. The maximum absolute atomic E-state index is 14.3. The van der Waals surface area contributed by atoms with Crippen molar-refractivity contribution in [2.24, 2.45) is 0 Å². The highest BCUT2D eigenvalue weighted by molar-refractivity contribution is 6.15. The summed E-state index contributed by atoms with van der Waals surface area (Å²) in [5, 5.41) is 6.31. The predicted molar refractivity (Wildman–Crippen MR) is 245 cm³/mol. The van der Waals surface area contributed by atoms with E-state index in [9.17, 15) is 4.39 Å². The van der Waals surface area contributed by atoms with Gasteiger partial charge in [-0.15, -0.1) is 0 Å². The standard InChI is InChI=1S/C55H42FN3O/c1-54(2)26-27-55(3,4)47-31-36(22-25-46(47)54)34-13-11-14-35(28-34)38-30-45(50-43-18-9-10-19-48(43)60-49(50)32-38)53-58-51(33-20-23-39(56)24-21-33)57-52(59-53)44-29-37-12-5-6-15-40(37)41-16-7-8-17-42(41)44/h5-25,28-32H,26-27H2,1-4H3. The molecule has 0 saturated heterocycles. The van der Waals surface area contributed by atoms with E-state index in [2.05, 4.69) is 137 Å². The number of hydrogen-bond donors (Lipinski definition) is 0. The molecule has 1 aliphatic carbocycles. The van der Waals surface area contributed by atoms with Crippen molar-refractivity contribution < 1.29 is 8.81 Å². The number of nitrogens with zero attached hydrogens (tertiary/aromatic N) is 3. The van der Waals surface area contributed by atoms with Crippen molar-refractivity contribution in [2.75, 3.05) is 0 Å². The predicted octanol–water partition coefficient (Wildman–Crippen LogP) is 14.9. The molecular weight excluding hydrogens is 738 g/mol. The van der Waals surface area contributed by atoms with Crippen LogP contribution in [0.3, 0.4) is 0 Å². The van der Waals surface area contributed by atoms with Crippen LogP contribution in [0.15, 0.2) is 162 Å². The Morgan fingerprint density at radius 3 is 1.82 bits per heavy atom. The minimum Gasteiger partial charge on any atom is -0.456 e. The average molecular weight is 780 g/mol. The summed E-state index contributed by atoms with van der Waals surface area (Å²) >= 11 is 0. The van der Waals surface area contributed by atoms with Crippen LogP contribution in [0.25, 0.3) is 99.9 Å². The maximum atomic E-state index is 14.3. The zero-order chi connectivity index (χ0) is 40.8. The number of fused-ring (bicyclic) bond motifs is 7. The van der Waals surface area contributed by atoms with Crippen LogP contribution < -0.4 is 0 Å². The summed E-state index contributed by atoms with van der Waals surface area (Å²) < 4.78 is 21.0. The molecule has 5 heteroatoms. The molecule has 0 bridgehead atoms. The fraction of sp³-hybridized carbons (Fsp3) is 0.145. The van der Waals surface area contributed by atoms with Gasteiger partial charge < -0.3 is 4.42 Å². The lowest BCUT2D eigenvalue weighted by Gasteiger charge is -2.42. The van der Waals surface area contributed by atoms with Gasteiger partial charge in [0.15, 0.2) is 17.5 Å². The van der Waals surface area contributed by atoms with Gasteiger partial charge >= 0.3 is 0 Å². The molecule has 0 radical (unpaired) electrons. The molecule has 0 aliphatic heterocycles. The van der Waals surface area contributed by atoms with Crippen LogP contribution in [0.4, 0.5) is 4.39 Å². The van der Waals surface area contributed by atoms with Gasteiger partial charge in [-0.05, 0) is 133 Å². The Bertz CT molecular complexity index is 3340. The smallest absolute Gasteiger partial charge is 0.164 e. The van der Waals surface area contributed by atoms with E-state index in [0.717, 1.165) is 77.7 Å². The summed E-state index contributed by atoms with van der Waals surface area (Å²) in [6, 6.07) is 53.6. The summed E-state index contributed by atoms with van der Waals surface area (Å²) in [4.78, 5) is 15.6. The highest BCUT2D eigenvalue weighted by Crippen LogP contribution is 2.47. The second-order valence-corrected chi connectivity index (χ2v) is 17.6. The van der Waals surface area contributed by atoms with Crippen LogP contribution >= 0.6 is 0 Å². The van der Waals surface area contributed by atoms with Crippen molar-refractivity contribution in [3.63, 3.8) is 0 Å². The fourth-order valence-corrected chi connectivity index (χ4v) is 9.43. The number of aromatic nitrogens is 3. The van der Waals surface area contributed by atoms with Gasteiger partial charge in [0.05, 0.1) is 0 Å². The maximum Gasteiger partial charge on any atom is 0.164 e. The molecule has 290 valence electrons. The molecule has 0 fully saturated rings. The van der Waals surface area contributed by atoms with E-state index in [1.165, 1.54) is 35.2 Å². The van der Waals surface area contributed by atoms with Crippen molar-refractivity contribution in [3.05, 3.63) is 175 Å². The zero-order valence-electron chi connectivity index (χ0n) is 34.1. The molecule has 11 rings (SSSR count). The van der Waals surface area contributed by atoms with E-state index in [1.807, 2.05) is 24.3 Å². The third-order valence-corrected chi connectivity index (χ3v) is 12.8. The molecule has 0 atom stereocenters. The van der Waals surface area contributed by atoms with Crippen LogP contribution in [-0.4, -0.2) is 15.0 Å². The average Bonchev–Trinajstić information content (AvgIpc) is 3.66. The summed E-state index contributed by atoms with van der Waals surface area (Å²) in [7, 11) is 0. The number of para-hydroxylation sites is 1. The molecule has 0 saturated carbocycles. The van der Waals surface area contributed by atoms with Crippen LogP contribution in [-0.2, 0) is 10.8 Å². The molecule has 2 aromatic heterocycles. The van der Waals surface area contributed by atoms with Crippen LogP contribution in [0.2, 0.25) is 0 Å². The van der Waals surface area contributed by atoms with E-state index in [1.54, 1.807) is 12.1 Å². The first kappa shape index (κ1) is 36.1. The highest BCUT2D eigenvalue weighted by atomic mass is 19.1. The highest BCUT2D eigenvalue weighted by Gasteiger charge is 2.37. The number of hydrogen-bond acceptors (Lipinski definition) is 4. The van der Waals surface area contributed by atoms with E-state index >= 15 is 0 Å².